The highest BCUT2D eigenvalue weighted by atomic mass is 32.2. The van der Waals surface area contributed by atoms with E-state index in [-0.39, 0.29) is 11.4 Å². The van der Waals surface area contributed by atoms with E-state index < -0.39 is 15.9 Å². The van der Waals surface area contributed by atoms with Gasteiger partial charge < -0.3 is 5.32 Å². The first kappa shape index (κ1) is 22.6. The number of tetrazole rings is 1. The zero-order chi connectivity index (χ0) is 23.4. The fourth-order valence-corrected chi connectivity index (χ4v) is 4.48. The van der Waals surface area contributed by atoms with Crippen LogP contribution in [0.15, 0.2) is 58.4 Å². The van der Waals surface area contributed by atoms with Crippen LogP contribution in [0.25, 0.3) is 11.4 Å². The number of rotatable bonds is 7. The molecule has 0 radical (unpaired) electrons. The first-order valence-electron chi connectivity index (χ1n) is 10.6. The SMILES string of the molecule is CC(C)c1ccc(-c2nnn(CC(=O)Nc3cccc(S(=O)(=O)NC4=NCCC4)c3)n2)cc1. The minimum absolute atomic E-state index is 0.0425. The summed E-state index contributed by atoms with van der Waals surface area (Å²) >= 11 is 0. The van der Waals surface area contributed by atoms with Crippen molar-refractivity contribution in [3.63, 3.8) is 0 Å². The number of nitrogens with one attached hydrogen (secondary N) is 2. The summed E-state index contributed by atoms with van der Waals surface area (Å²) in [4.78, 5) is 17.8. The Bertz CT molecular complexity index is 1280. The fraction of sp³-hybridized carbons (Fsp3) is 0.318. The molecule has 0 saturated heterocycles. The van der Waals surface area contributed by atoms with Crippen LogP contribution in [0.3, 0.4) is 0 Å². The zero-order valence-electron chi connectivity index (χ0n) is 18.4. The molecule has 1 aromatic heterocycles. The van der Waals surface area contributed by atoms with E-state index in [1.165, 1.54) is 22.5 Å². The number of benzene rings is 2. The van der Waals surface area contributed by atoms with E-state index in [1.54, 1.807) is 12.1 Å². The third-order valence-corrected chi connectivity index (χ3v) is 6.51. The maximum atomic E-state index is 12.6. The van der Waals surface area contributed by atoms with Crippen molar-refractivity contribution in [2.75, 3.05) is 11.9 Å². The molecular formula is C22H25N7O3S. The predicted octanol–water partition coefficient (Wildman–Crippen LogP) is 2.57. The van der Waals surface area contributed by atoms with Crippen LogP contribution in [0, 0.1) is 0 Å². The van der Waals surface area contributed by atoms with Crippen molar-refractivity contribution in [1.82, 2.24) is 24.9 Å². The Morgan fingerprint density at radius 2 is 1.94 bits per heavy atom. The molecule has 0 atom stereocenters. The van der Waals surface area contributed by atoms with Gasteiger partial charge in [0.25, 0.3) is 10.0 Å². The van der Waals surface area contributed by atoms with Crippen LogP contribution in [-0.2, 0) is 21.4 Å². The quantitative estimate of drug-likeness (QED) is 0.549. The predicted molar refractivity (Wildman–Crippen MR) is 124 cm³/mol. The molecule has 1 aliphatic heterocycles. The molecule has 3 aromatic rings. The van der Waals surface area contributed by atoms with Crippen LogP contribution in [0.4, 0.5) is 5.69 Å². The Balaban J connectivity index is 1.40. The van der Waals surface area contributed by atoms with Crippen LogP contribution in [0.1, 0.15) is 38.2 Å². The Kier molecular flexibility index (Phi) is 6.50. The molecule has 4 rings (SSSR count). The highest BCUT2D eigenvalue weighted by Crippen LogP contribution is 2.20. The third kappa shape index (κ3) is 5.61. The smallest absolute Gasteiger partial charge is 0.262 e. The number of aliphatic imine (C=N–C) groups is 1. The summed E-state index contributed by atoms with van der Waals surface area (Å²) in [6, 6.07) is 13.9. The first-order chi connectivity index (χ1) is 15.8. The number of nitrogens with zero attached hydrogens (tertiary/aromatic N) is 5. The first-order valence-corrected chi connectivity index (χ1v) is 12.1. The second kappa shape index (κ2) is 9.49. The summed E-state index contributed by atoms with van der Waals surface area (Å²) in [6.07, 6.45) is 1.43. The van der Waals surface area contributed by atoms with E-state index in [9.17, 15) is 13.2 Å². The number of hydrogen-bond acceptors (Lipinski definition) is 7. The number of amidine groups is 1. The maximum absolute atomic E-state index is 12.6. The molecule has 0 bridgehead atoms. The average Bonchev–Trinajstić information content (AvgIpc) is 3.46. The van der Waals surface area contributed by atoms with Gasteiger partial charge in [-0.1, -0.05) is 44.2 Å². The highest BCUT2D eigenvalue weighted by molar-refractivity contribution is 7.90. The molecule has 2 heterocycles. The van der Waals surface area contributed by atoms with E-state index >= 15 is 0 Å². The molecule has 11 heteroatoms. The topological polar surface area (TPSA) is 131 Å². The van der Waals surface area contributed by atoms with Gasteiger partial charge in [-0.25, -0.2) is 8.42 Å². The van der Waals surface area contributed by atoms with Crippen LogP contribution in [0.5, 0.6) is 0 Å². The lowest BCUT2D eigenvalue weighted by molar-refractivity contribution is -0.117. The van der Waals surface area contributed by atoms with Gasteiger partial charge in [-0.05, 0) is 41.3 Å². The molecule has 0 spiro atoms. The fourth-order valence-electron chi connectivity index (χ4n) is 3.35. The Labute approximate surface area is 192 Å². The van der Waals surface area contributed by atoms with Crippen molar-refractivity contribution in [2.24, 2.45) is 4.99 Å². The largest absolute Gasteiger partial charge is 0.324 e. The van der Waals surface area contributed by atoms with Gasteiger partial charge in [-0.3, -0.25) is 14.5 Å². The Morgan fingerprint density at radius 1 is 1.15 bits per heavy atom. The molecule has 1 amide bonds. The average molecular weight is 468 g/mol. The van der Waals surface area contributed by atoms with Crippen molar-refractivity contribution in [3.05, 3.63) is 54.1 Å². The minimum Gasteiger partial charge on any atom is -0.324 e. The highest BCUT2D eigenvalue weighted by Gasteiger charge is 2.19. The molecule has 0 fully saturated rings. The lowest BCUT2D eigenvalue weighted by Crippen LogP contribution is -2.29. The number of aromatic nitrogens is 4. The third-order valence-electron chi connectivity index (χ3n) is 5.13. The summed E-state index contributed by atoms with van der Waals surface area (Å²) in [5.74, 6) is 0.896. The second-order valence-electron chi connectivity index (χ2n) is 8.03. The van der Waals surface area contributed by atoms with Gasteiger partial charge in [0, 0.05) is 24.2 Å². The molecule has 0 unspecified atom stereocenters. The van der Waals surface area contributed by atoms with Crippen molar-refractivity contribution in [1.29, 1.82) is 0 Å². The van der Waals surface area contributed by atoms with E-state index in [2.05, 4.69) is 44.3 Å². The number of sulfonamides is 1. The molecule has 10 nitrogen and oxygen atoms in total. The van der Waals surface area contributed by atoms with Gasteiger partial charge in [-0.15, -0.1) is 10.2 Å². The Hall–Kier alpha value is -3.60. The molecule has 0 saturated carbocycles. The maximum Gasteiger partial charge on any atom is 0.262 e. The summed E-state index contributed by atoms with van der Waals surface area (Å²) in [6.45, 7) is 4.70. The second-order valence-corrected chi connectivity index (χ2v) is 9.72. The van der Waals surface area contributed by atoms with Crippen LogP contribution in [0.2, 0.25) is 0 Å². The van der Waals surface area contributed by atoms with Crippen LogP contribution < -0.4 is 10.0 Å². The van der Waals surface area contributed by atoms with Gasteiger partial charge in [-0.2, -0.15) is 4.80 Å². The van der Waals surface area contributed by atoms with Gasteiger partial charge in [0.15, 0.2) is 0 Å². The molecule has 2 aromatic carbocycles. The van der Waals surface area contributed by atoms with E-state index in [0.29, 0.717) is 36.2 Å². The van der Waals surface area contributed by atoms with Crippen LogP contribution >= 0.6 is 0 Å². The molecular weight excluding hydrogens is 442 g/mol. The van der Waals surface area contributed by atoms with E-state index in [4.69, 9.17) is 0 Å². The monoisotopic (exact) mass is 467 g/mol. The van der Waals surface area contributed by atoms with Crippen LogP contribution in [-0.4, -0.2) is 46.9 Å². The normalized spacial score (nSPS) is 13.7. The number of carbonyl (C=O) groups excluding carboxylic acids is 1. The molecule has 33 heavy (non-hydrogen) atoms. The number of amides is 1. The standard InChI is InChI=1S/C22H25N7O3S/c1-15(2)16-8-10-17(11-9-16)22-25-28-29(26-22)14-21(30)24-18-5-3-6-19(13-18)33(31,32)27-20-7-4-12-23-20/h3,5-6,8-11,13,15H,4,7,12,14H2,1-2H3,(H,23,27)(H,24,30). The summed E-state index contributed by atoms with van der Waals surface area (Å²) < 4.78 is 27.6. The lowest BCUT2D eigenvalue weighted by Gasteiger charge is -2.10. The number of carbonyl (C=O) groups is 1. The molecule has 2 N–H and O–H groups in total. The summed E-state index contributed by atoms with van der Waals surface area (Å²) in [7, 11) is -3.77. The van der Waals surface area contributed by atoms with Crippen molar-refractivity contribution < 1.29 is 13.2 Å². The van der Waals surface area contributed by atoms with Gasteiger partial charge in [0.05, 0.1) is 4.90 Å². The lowest BCUT2D eigenvalue weighted by atomic mass is 10.0. The van der Waals surface area contributed by atoms with Crippen molar-refractivity contribution in [2.45, 2.75) is 44.0 Å². The summed E-state index contributed by atoms with van der Waals surface area (Å²) in [5, 5.41) is 14.9. The van der Waals surface area contributed by atoms with Gasteiger partial charge in [0.2, 0.25) is 11.7 Å². The Morgan fingerprint density at radius 3 is 2.64 bits per heavy atom. The van der Waals surface area contributed by atoms with Crippen molar-refractivity contribution >= 4 is 27.5 Å². The molecule has 0 aliphatic carbocycles. The zero-order valence-corrected chi connectivity index (χ0v) is 19.2. The minimum atomic E-state index is -3.77. The van der Waals surface area contributed by atoms with Crippen molar-refractivity contribution in [3.8, 4) is 11.4 Å². The van der Waals surface area contributed by atoms with E-state index in [1.807, 2.05) is 24.3 Å². The molecule has 172 valence electrons. The summed E-state index contributed by atoms with van der Waals surface area (Å²) in [5.41, 5.74) is 2.37. The number of anilines is 1. The molecule has 1 aliphatic rings. The van der Waals surface area contributed by atoms with Gasteiger partial charge in [0.1, 0.15) is 12.4 Å². The van der Waals surface area contributed by atoms with E-state index in [0.717, 1.165) is 12.0 Å². The van der Waals surface area contributed by atoms with Gasteiger partial charge >= 0.3 is 0 Å². The number of hydrogen-bond donors (Lipinski definition) is 2.